The molecule has 0 spiro atoms. The lowest BCUT2D eigenvalue weighted by Gasteiger charge is -2.04. The quantitative estimate of drug-likeness (QED) is 0.785. The molecular weight excluding hydrogens is 294 g/mol. The number of furan rings is 1. The number of aromatic amines is 1. The minimum absolute atomic E-state index is 0.00477. The van der Waals surface area contributed by atoms with E-state index in [1.54, 1.807) is 36.2 Å². The van der Waals surface area contributed by atoms with Crippen molar-refractivity contribution in [2.24, 2.45) is 0 Å². The van der Waals surface area contributed by atoms with Crippen molar-refractivity contribution in [1.82, 2.24) is 4.98 Å². The van der Waals surface area contributed by atoms with Crippen LogP contribution in [0.3, 0.4) is 0 Å². The van der Waals surface area contributed by atoms with Gasteiger partial charge in [-0.1, -0.05) is 11.6 Å². The maximum absolute atomic E-state index is 12.0. The first-order valence-corrected chi connectivity index (χ1v) is 7.67. The van der Waals surface area contributed by atoms with Gasteiger partial charge in [-0.25, -0.2) is 0 Å². The minimum Gasteiger partial charge on any atom is -0.468 e. The fourth-order valence-corrected chi connectivity index (χ4v) is 3.02. The fraction of sp³-hybridized carbons (Fsp3) is 0.133. The molecule has 2 heterocycles. The van der Waals surface area contributed by atoms with Crippen LogP contribution in [0.25, 0.3) is 10.9 Å². The van der Waals surface area contributed by atoms with Crippen LogP contribution < -0.4 is 5.43 Å². The van der Waals surface area contributed by atoms with E-state index in [4.69, 9.17) is 16.0 Å². The Hall–Kier alpha value is -1.65. The maximum atomic E-state index is 12.0. The summed E-state index contributed by atoms with van der Waals surface area (Å²) in [5, 5.41) is 1.19. The van der Waals surface area contributed by atoms with Crippen LogP contribution in [0.1, 0.15) is 11.5 Å². The van der Waals surface area contributed by atoms with E-state index in [0.29, 0.717) is 10.4 Å². The maximum Gasteiger partial charge on any atom is 0.189 e. The zero-order chi connectivity index (χ0) is 13.9. The molecule has 2 aromatic heterocycles. The van der Waals surface area contributed by atoms with Crippen LogP contribution in [0.4, 0.5) is 0 Å². The van der Waals surface area contributed by atoms with Gasteiger partial charge in [0.1, 0.15) is 5.76 Å². The molecule has 0 bridgehead atoms. The van der Waals surface area contributed by atoms with E-state index in [-0.39, 0.29) is 5.43 Å². The molecule has 1 N–H and O–H groups in total. The lowest BCUT2D eigenvalue weighted by molar-refractivity contribution is 0.530. The topological polar surface area (TPSA) is 46.0 Å². The van der Waals surface area contributed by atoms with Gasteiger partial charge >= 0.3 is 0 Å². The second kappa shape index (κ2) is 5.77. The van der Waals surface area contributed by atoms with Gasteiger partial charge in [0.05, 0.1) is 12.0 Å². The Morgan fingerprint density at radius 2 is 2.10 bits per heavy atom. The monoisotopic (exact) mass is 305 g/mol. The Kier molecular flexibility index (Phi) is 3.85. The normalized spacial score (nSPS) is 11.1. The highest BCUT2D eigenvalue weighted by atomic mass is 35.5. The SMILES string of the molecule is O=c1cc(CSCc2ccco2)[nH]c2ccc(Cl)cc12. The van der Waals surface area contributed by atoms with Gasteiger partial charge < -0.3 is 9.40 Å². The largest absolute Gasteiger partial charge is 0.468 e. The van der Waals surface area contributed by atoms with Crippen LogP contribution in [0.5, 0.6) is 0 Å². The van der Waals surface area contributed by atoms with Crippen LogP contribution in [-0.2, 0) is 11.5 Å². The van der Waals surface area contributed by atoms with Crippen LogP contribution in [-0.4, -0.2) is 4.98 Å². The molecule has 102 valence electrons. The number of fused-ring (bicyclic) bond motifs is 1. The third kappa shape index (κ3) is 2.92. The predicted octanol–water partition coefficient (Wildman–Crippen LogP) is 4.21. The van der Waals surface area contributed by atoms with Crippen molar-refractivity contribution >= 4 is 34.3 Å². The summed E-state index contributed by atoms with van der Waals surface area (Å²) in [4.78, 5) is 15.3. The summed E-state index contributed by atoms with van der Waals surface area (Å²) in [5.74, 6) is 2.45. The number of aromatic nitrogens is 1. The highest BCUT2D eigenvalue weighted by Gasteiger charge is 2.04. The summed E-state index contributed by atoms with van der Waals surface area (Å²) in [6.07, 6.45) is 1.66. The fourth-order valence-electron chi connectivity index (χ4n) is 2.01. The average molecular weight is 306 g/mol. The zero-order valence-corrected chi connectivity index (χ0v) is 12.1. The molecule has 5 heteroatoms. The number of hydrogen-bond acceptors (Lipinski definition) is 3. The van der Waals surface area contributed by atoms with E-state index in [9.17, 15) is 4.79 Å². The van der Waals surface area contributed by atoms with E-state index in [1.807, 2.05) is 18.2 Å². The van der Waals surface area contributed by atoms with Crippen molar-refractivity contribution in [3.8, 4) is 0 Å². The lowest BCUT2D eigenvalue weighted by atomic mass is 10.2. The van der Waals surface area contributed by atoms with E-state index in [1.165, 1.54) is 0 Å². The summed E-state index contributed by atoms with van der Waals surface area (Å²) >= 11 is 7.60. The van der Waals surface area contributed by atoms with E-state index < -0.39 is 0 Å². The zero-order valence-electron chi connectivity index (χ0n) is 10.6. The molecule has 3 aromatic rings. The number of H-pyrrole nitrogens is 1. The number of benzene rings is 1. The lowest BCUT2D eigenvalue weighted by Crippen LogP contribution is -2.04. The molecule has 0 aliphatic rings. The minimum atomic E-state index is -0.00477. The Bertz CT molecular complexity index is 780. The molecule has 3 rings (SSSR count). The molecule has 0 saturated heterocycles. The first-order valence-electron chi connectivity index (χ1n) is 6.14. The summed E-state index contributed by atoms with van der Waals surface area (Å²) in [7, 11) is 0. The molecule has 0 unspecified atom stereocenters. The summed E-state index contributed by atoms with van der Waals surface area (Å²) in [5.41, 5.74) is 1.71. The number of rotatable bonds is 4. The Morgan fingerprint density at radius 3 is 2.90 bits per heavy atom. The van der Waals surface area contributed by atoms with Crippen LogP contribution in [0.2, 0.25) is 5.02 Å². The summed E-state index contributed by atoms with van der Waals surface area (Å²) in [6, 6.07) is 10.7. The predicted molar refractivity (Wildman–Crippen MR) is 83.3 cm³/mol. The second-order valence-electron chi connectivity index (χ2n) is 4.42. The molecule has 0 amide bonds. The first kappa shape index (κ1) is 13.3. The van der Waals surface area contributed by atoms with Crippen molar-refractivity contribution in [3.63, 3.8) is 0 Å². The van der Waals surface area contributed by atoms with Crippen LogP contribution in [0, 0.1) is 0 Å². The molecule has 1 aromatic carbocycles. The molecular formula is C15H12ClNO2S. The number of hydrogen-bond donors (Lipinski definition) is 1. The molecule has 0 atom stereocenters. The second-order valence-corrected chi connectivity index (χ2v) is 5.84. The van der Waals surface area contributed by atoms with Gasteiger partial charge in [-0.05, 0) is 30.3 Å². The third-order valence-corrected chi connectivity index (χ3v) is 4.17. The molecule has 3 nitrogen and oxygen atoms in total. The third-order valence-electron chi connectivity index (χ3n) is 2.93. The van der Waals surface area contributed by atoms with Gasteiger partial charge in [-0.15, -0.1) is 11.8 Å². The van der Waals surface area contributed by atoms with Gasteiger partial charge in [0, 0.05) is 33.4 Å². The first-order chi connectivity index (χ1) is 9.72. The Labute approximate surface area is 125 Å². The van der Waals surface area contributed by atoms with Crippen LogP contribution in [0.15, 0.2) is 51.9 Å². The number of nitrogens with one attached hydrogen (secondary N) is 1. The average Bonchev–Trinajstić information content (AvgIpc) is 2.93. The molecule has 0 fully saturated rings. The molecule has 20 heavy (non-hydrogen) atoms. The number of thioether (sulfide) groups is 1. The highest BCUT2D eigenvalue weighted by Crippen LogP contribution is 2.19. The van der Waals surface area contributed by atoms with E-state index in [0.717, 1.165) is 28.5 Å². The molecule has 0 aliphatic carbocycles. The van der Waals surface area contributed by atoms with Gasteiger partial charge in [0.15, 0.2) is 5.43 Å². The highest BCUT2D eigenvalue weighted by molar-refractivity contribution is 7.97. The smallest absolute Gasteiger partial charge is 0.189 e. The van der Waals surface area contributed by atoms with Gasteiger partial charge in [-0.3, -0.25) is 4.79 Å². The Morgan fingerprint density at radius 1 is 1.20 bits per heavy atom. The van der Waals surface area contributed by atoms with Crippen molar-refractivity contribution in [1.29, 1.82) is 0 Å². The van der Waals surface area contributed by atoms with E-state index in [2.05, 4.69) is 4.98 Å². The van der Waals surface area contributed by atoms with Gasteiger partial charge in [0.25, 0.3) is 0 Å². The van der Waals surface area contributed by atoms with Crippen LogP contribution >= 0.6 is 23.4 Å². The summed E-state index contributed by atoms with van der Waals surface area (Å²) < 4.78 is 5.27. The number of halogens is 1. The Balaban J connectivity index is 1.78. The van der Waals surface area contributed by atoms with Crippen molar-refractivity contribution in [3.05, 3.63) is 69.4 Å². The van der Waals surface area contributed by atoms with Gasteiger partial charge in [-0.2, -0.15) is 0 Å². The molecule has 0 radical (unpaired) electrons. The van der Waals surface area contributed by atoms with Crippen molar-refractivity contribution in [2.45, 2.75) is 11.5 Å². The standard InChI is InChI=1S/C15H12ClNO2S/c16-10-3-4-14-13(6-10)15(18)7-11(17-14)8-20-9-12-2-1-5-19-12/h1-7H,8-9H2,(H,17,18). The molecule has 0 saturated carbocycles. The van der Waals surface area contributed by atoms with Crippen molar-refractivity contribution in [2.75, 3.05) is 0 Å². The van der Waals surface area contributed by atoms with E-state index >= 15 is 0 Å². The van der Waals surface area contributed by atoms with Crippen molar-refractivity contribution < 1.29 is 4.42 Å². The molecule has 0 aliphatic heterocycles. The summed E-state index contributed by atoms with van der Waals surface area (Å²) in [6.45, 7) is 0. The number of pyridine rings is 1. The van der Waals surface area contributed by atoms with Gasteiger partial charge in [0.2, 0.25) is 0 Å².